The van der Waals surface area contributed by atoms with Gasteiger partial charge in [0.25, 0.3) is 0 Å². The van der Waals surface area contributed by atoms with Gasteiger partial charge >= 0.3 is 5.97 Å². The molecule has 0 aliphatic rings. The summed E-state index contributed by atoms with van der Waals surface area (Å²) in [6, 6.07) is 25.3. The highest BCUT2D eigenvalue weighted by Gasteiger charge is 2.23. The summed E-state index contributed by atoms with van der Waals surface area (Å²) in [4.78, 5) is 30.5. The fourth-order valence-corrected chi connectivity index (χ4v) is 4.85. The molecule has 0 aliphatic heterocycles. The van der Waals surface area contributed by atoms with Crippen molar-refractivity contribution in [1.29, 1.82) is 0 Å². The number of tetrazole rings is 1. The monoisotopic (exact) mass is 563 g/mol. The minimum Gasteiger partial charge on any atom is -0.460 e. The summed E-state index contributed by atoms with van der Waals surface area (Å²) in [5.74, 6) is 0.756. The molecule has 0 fully saturated rings. The van der Waals surface area contributed by atoms with Crippen LogP contribution in [0.25, 0.3) is 22.5 Å². The Morgan fingerprint density at radius 3 is 2.36 bits per heavy atom. The number of carbonyl (C=O) groups is 2. The summed E-state index contributed by atoms with van der Waals surface area (Å²) in [5, 5.41) is 17.1. The zero-order valence-electron chi connectivity index (χ0n) is 23.7. The second kappa shape index (κ2) is 13.5. The molecule has 0 bridgehead atoms. The van der Waals surface area contributed by atoms with Gasteiger partial charge in [-0.1, -0.05) is 80.6 Å². The Hall–Kier alpha value is -5.12. The molecular weight excluding hydrogens is 530 g/mol. The highest BCUT2D eigenvalue weighted by Crippen LogP contribution is 2.30. The van der Waals surface area contributed by atoms with Gasteiger partial charge < -0.3 is 14.6 Å². The van der Waals surface area contributed by atoms with Gasteiger partial charge in [-0.25, -0.2) is 14.9 Å². The van der Waals surface area contributed by atoms with Crippen LogP contribution in [0.1, 0.15) is 54.3 Å². The van der Waals surface area contributed by atoms with Crippen LogP contribution in [0.4, 0.5) is 5.69 Å². The van der Waals surface area contributed by atoms with Crippen molar-refractivity contribution in [2.45, 2.75) is 46.1 Å². The first kappa shape index (κ1) is 28.4. The minimum atomic E-state index is -0.472. The Labute approximate surface area is 244 Å². The van der Waals surface area contributed by atoms with E-state index < -0.39 is 5.97 Å². The smallest absolute Gasteiger partial charge is 0.356 e. The normalized spacial score (nSPS) is 10.9. The van der Waals surface area contributed by atoms with E-state index in [0.29, 0.717) is 35.9 Å². The van der Waals surface area contributed by atoms with Crippen LogP contribution in [0, 0.1) is 0 Å². The number of anilines is 1. The molecule has 2 N–H and O–H groups in total. The van der Waals surface area contributed by atoms with Crippen molar-refractivity contribution in [1.82, 2.24) is 30.2 Å². The van der Waals surface area contributed by atoms with E-state index in [0.717, 1.165) is 40.9 Å². The number of carbonyl (C=O) groups excluding carboxylic acids is 2. The number of hydrogen-bond acceptors (Lipinski definition) is 7. The molecule has 0 saturated heterocycles. The molecule has 5 aromatic rings. The molecule has 10 heteroatoms. The Morgan fingerprint density at radius 2 is 1.67 bits per heavy atom. The lowest BCUT2D eigenvalue weighted by Crippen LogP contribution is -2.19. The number of imidazole rings is 1. The number of amides is 1. The molecule has 3 aromatic carbocycles. The van der Waals surface area contributed by atoms with Crippen LogP contribution in [0.3, 0.4) is 0 Å². The van der Waals surface area contributed by atoms with Gasteiger partial charge in [0.05, 0.1) is 12.1 Å². The van der Waals surface area contributed by atoms with Gasteiger partial charge in [-0.15, -0.1) is 5.10 Å². The summed E-state index contributed by atoms with van der Waals surface area (Å²) >= 11 is 0. The Morgan fingerprint density at radius 1 is 0.929 bits per heavy atom. The summed E-state index contributed by atoms with van der Waals surface area (Å²) < 4.78 is 7.55. The Bertz CT molecular complexity index is 1630. The van der Waals surface area contributed by atoms with Gasteiger partial charge in [0.15, 0.2) is 11.5 Å². The molecule has 0 unspecified atom stereocenters. The van der Waals surface area contributed by atoms with Crippen molar-refractivity contribution in [3.05, 3.63) is 102 Å². The molecule has 0 radical (unpaired) electrons. The van der Waals surface area contributed by atoms with E-state index in [1.54, 1.807) is 0 Å². The van der Waals surface area contributed by atoms with Crippen LogP contribution in [-0.4, -0.2) is 48.7 Å². The maximum absolute atomic E-state index is 13.3. The average Bonchev–Trinajstić information content (AvgIpc) is 3.67. The molecule has 0 spiro atoms. The van der Waals surface area contributed by atoms with Crippen molar-refractivity contribution in [3.63, 3.8) is 0 Å². The molecule has 0 saturated carbocycles. The number of para-hydroxylation sites is 1. The molecule has 1 amide bonds. The number of benzene rings is 3. The van der Waals surface area contributed by atoms with Crippen LogP contribution < -0.4 is 5.32 Å². The van der Waals surface area contributed by atoms with Gasteiger partial charge in [0, 0.05) is 24.2 Å². The summed E-state index contributed by atoms with van der Waals surface area (Å²) in [6.07, 6.45) is 2.27. The maximum Gasteiger partial charge on any atom is 0.356 e. The molecule has 214 valence electrons. The number of esters is 1. The van der Waals surface area contributed by atoms with Crippen LogP contribution >= 0.6 is 0 Å². The fraction of sp³-hybridized carbons (Fsp3) is 0.250. The number of nitrogens with one attached hydrogen (secondary N) is 2. The minimum absolute atomic E-state index is 0.0240. The van der Waals surface area contributed by atoms with Crippen molar-refractivity contribution < 1.29 is 14.3 Å². The van der Waals surface area contributed by atoms with Gasteiger partial charge in [-0.3, -0.25) is 4.79 Å². The summed E-state index contributed by atoms with van der Waals surface area (Å²) in [5.41, 5.74) is 5.80. The summed E-state index contributed by atoms with van der Waals surface area (Å²) in [7, 11) is 0. The fourth-order valence-electron chi connectivity index (χ4n) is 4.85. The van der Waals surface area contributed by atoms with Crippen LogP contribution in [0.15, 0.2) is 78.9 Å². The van der Waals surface area contributed by atoms with E-state index >= 15 is 0 Å². The lowest BCUT2D eigenvalue weighted by Gasteiger charge is -2.14. The number of rotatable bonds is 12. The zero-order valence-corrected chi connectivity index (χ0v) is 23.7. The van der Waals surface area contributed by atoms with Gasteiger partial charge in [0.1, 0.15) is 12.4 Å². The number of aromatic nitrogens is 6. The van der Waals surface area contributed by atoms with Crippen LogP contribution in [-0.2, 0) is 28.9 Å². The van der Waals surface area contributed by atoms with Crippen molar-refractivity contribution >= 4 is 17.6 Å². The first-order valence-electron chi connectivity index (χ1n) is 14.1. The van der Waals surface area contributed by atoms with Crippen molar-refractivity contribution in [3.8, 4) is 22.5 Å². The molecular formula is C32H33N7O3. The quantitative estimate of drug-likeness (QED) is 0.192. The average molecular weight is 564 g/mol. The predicted molar refractivity (Wildman–Crippen MR) is 160 cm³/mol. The lowest BCUT2D eigenvalue weighted by atomic mass is 9.98. The summed E-state index contributed by atoms with van der Waals surface area (Å²) in [6.45, 7) is 4.51. The lowest BCUT2D eigenvalue weighted by molar-refractivity contribution is -0.116. The van der Waals surface area contributed by atoms with E-state index in [1.807, 2.05) is 66.1 Å². The van der Waals surface area contributed by atoms with Gasteiger partial charge in [0.2, 0.25) is 5.91 Å². The number of ether oxygens (including phenoxy) is 1. The zero-order chi connectivity index (χ0) is 29.3. The topological polar surface area (TPSA) is 128 Å². The molecule has 2 aromatic heterocycles. The van der Waals surface area contributed by atoms with E-state index in [4.69, 9.17) is 9.72 Å². The first-order chi connectivity index (χ1) is 20.6. The van der Waals surface area contributed by atoms with Crippen molar-refractivity contribution in [2.75, 3.05) is 11.9 Å². The van der Waals surface area contributed by atoms with E-state index in [2.05, 4.69) is 57.1 Å². The second-order valence-electron chi connectivity index (χ2n) is 9.81. The van der Waals surface area contributed by atoms with E-state index in [1.165, 1.54) is 0 Å². The van der Waals surface area contributed by atoms with E-state index in [9.17, 15) is 9.59 Å². The van der Waals surface area contributed by atoms with Gasteiger partial charge in [-0.05, 0) is 52.1 Å². The molecule has 0 aliphatic carbocycles. The van der Waals surface area contributed by atoms with Crippen molar-refractivity contribution in [2.24, 2.45) is 0 Å². The molecule has 10 nitrogen and oxygen atoms in total. The number of aromatic amines is 1. The van der Waals surface area contributed by atoms with Crippen LogP contribution in [0.2, 0.25) is 0 Å². The predicted octanol–water partition coefficient (Wildman–Crippen LogP) is 5.48. The highest BCUT2D eigenvalue weighted by atomic mass is 16.5. The standard InChI is InChI=1S/C32H33N7O3/c1-3-10-28-34-27(4-2)30(32(41)42-20-19-29(40)33-24-11-6-5-7-12-24)39(28)21-22-15-17-23(18-16-22)25-13-8-9-14-26(25)31-35-37-38-36-31/h5-9,11-18H,3-4,10,19-21H2,1-2H3,(H,33,40)(H,35,36,37,38). The third kappa shape index (κ3) is 6.60. The number of aryl methyl sites for hydroxylation is 2. The highest BCUT2D eigenvalue weighted by molar-refractivity contribution is 5.92. The number of hydrogen-bond donors (Lipinski definition) is 2. The number of nitrogens with zero attached hydrogens (tertiary/aromatic N) is 5. The molecule has 2 heterocycles. The van der Waals surface area contributed by atoms with Crippen LogP contribution in [0.5, 0.6) is 0 Å². The molecule has 42 heavy (non-hydrogen) atoms. The number of H-pyrrole nitrogens is 1. The third-order valence-electron chi connectivity index (χ3n) is 6.87. The Kier molecular flexibility index (Phi) is 9.13. The second-order valence-corrected chi connectivity index (χ2v) is 9.81. The largest absolute Gasteiger partial charge is 0.460 e. The maximum atomic E-state index is 13.3. The molecule has 0 atom stereocenters. The van der Waals surface area contributed by atoms with E-state index in [-0.39, 0.29) is 18.9 Å². The first-order valence-corrected chi connectivity index (χ1v) is 14.1. The molecule has 5 rings (SSSR count). The third-order valence-corrected chi connectivity index (χ3v) is 6.87. The SMILES string of the molecule is CCCc1nc(CC)c(C(=O)OCCC(=O)Nc2ccccc2)n1Cc1ccc(-c2ccccc2-c2nnn[nH]2)cc1. The Balaban J connectivity index is 1.33. The van der Waals surface area contributed by atoms with Gasteiger partial charge in [-0.2, -0.15) is 0 Å².